The number of hydrogen-bond acceptors (Lipinski definition) is 5. The monoisotopic (exact) mass is 484 g/mol. The van der Waals surface area contributed by atoms with Crippen molar-refractivity contribution in [1.29, 1.82) is 0 Å². The largest absolute Gasteiger partial charge is 0.383 e. The zero-order valence-corrected chi connectivity index (χ0v) is 18.5. The van der Waals surface area contributed by atoms with Crippen molar-refractivity contribution in [3.63, 3.8) is 0 Å². The van der Waals surface area contributed by atoms with E-state index < -0.39 is 0 Å². The van der Waals surface area contributed by atoms with E-state index in [1.165, 1.54) is 0 Å². The van der Waals surface area contributed by atoms with Crippen molar-refractivity contribution in [2.45, 2.75) is 25.4 Å². The van der Waals surface area contributed by atoms with E-state index in [9.17, 15) is 4.79 Å². The number of anilines is 1. The topological polar surface area (TPSA) is 89.9 Å². The van der Waals surface area contributed by atoms with Gasteiger partial charge >= 0.3 is 0 Å². The first kappa shape index (κ1) is 19.3. The Morgan fingerprint density at radius 1 is 1.30 bits per heavy atom. The van der Waals surface area contributed by atoms with Gasteiger partial charge in [0.2, 0.25) is 0 Å². The Bertz CT molecular complexity index is 1320. The van der Waals surface area contributed by atoms with Gasteiger partial charge in [0, 0.05) is 30.2 Å². The standard InChI is InChI=1S/C21H18BrClN6O/c1-28-19-14-6-11(2-5-18(14)27-20(24)15(19)8-26-28)21(30)29(13-3-4-13)10-12-7-17(23)16(22)9-25-12/h2,5-9,13H,3-4,10H2,1H3,(H2,24,27). The number of halogens is 2. The summed E-state index contributed by atoms with van der Waals surface area (Å²) in [4.78, 5) is 24.2. The fraction of sp³-hybridized carbons (Fsp3) is 0.238. The number of benzene rings is 1. The Kier molecular flexibility index (Phi) is 4.63. The number of aryl methyl sites for hydroxylation is 1. The Hall–Kier alpha value is -2.71. The third-order valence-electron chi connectivity index (χ3n) is 5.40. The Morgan fingerprint density at radius 2 is 2.10 bits per heavy atom. The van der Waals surface area contributed by atoms with Crippen molar-refractivity contribution in [2.75, 3.05) is 5.73 Å². The second-order valence-electron chi connectivity index (χ2n) is 7.51. The summed E-state index contributed by atoms with van der Waals surface area (Å²) in [6.45, 7) is 0.412. The summed E-state index contributed by atoms with van der Waals surface area (Å²) in [5, 5.41) is 6.51. The molecule has 0 bridgehead atoms. The molecule has 2 N–H and O–H groups in total. The summed E-state index contributed by atoms with van der Waals surface area (Å²) in [6, 6.07) is 7.53. The SMILES string of the molecule is Cn1ncc2c(N)nc3ccc(C(=O)N(Cc4cc(Cl)c(Br)cn4)C4CC4)cc3c21. The zero-order valence-electron chi connectivity index (χ0n) is 16.1. The first-order valence-corrected chi connectivity index (χ1v) is 10.7. The molecule has 4 aromatic rings. The molecule has 3 heterocycles. The third-order valence-corrected chi connectivity index (χ3v) is 6.57. The van der Waals surface area contributed by atoms with Crippen LogP contribution in [0.1, 0.15) is 28.9 Å². The summed E-state index contributed by atoms with van der Waals surface area (Å²) >= 11 is 9.57. The van der Waals surface area contributed by atoms with Crippen LogP contribution >= 0.6 is 27.5 Å². The normalized spacial score (nSPS) is 13.8. The maximum absolute atomic E-state index is 13.4. The number of nitrogen functional groups attached to an aromatic ring is 1. The lowest BCUT2D eigenvalue weighted by Crippen LogP contribution is -2.33. The minimum Gasteiger partial charge on any atom is -0.383 e. The molecule has 3 aromatic heterocycles. The first-order valence-electron chi connectivity index (χ1n) is 9.54. The number of pyridine rings is 2. The van der Waals surface area contributed by atoms with E-state index >= 15 is 0 Å². The fourth-order valence-corrected chi connectivity index (χ4v) is 4.12. The lowest BCUT2D eigenvalue weighted by Gasteiger charge is -2.22. The highest BCUT2D eigenvalue weighted by atomic mass is 79.9. The van der Waals surface area contributed by atoms with E-state index in [-0.39, 0.29) is 11.9 Å². The summed E-state index contributed by atoms with van der Waals surface area (Å²) in [6.07, 6.45) is 5.35. The van der Waals surface area contributed by atoms with Crippen LogP contribution in [0.15, 0.2) is 41.1 Å². The molecule has 0 unspecified atom stereocenters. The molecule has 5 rings (SSSR count). The minimum absolute atomic E-state index is 0.0348. The van der Waals surface area contributed by atoms with Gasteiger partial charge in [0.05, 0.1) is 44.4 Å². The molecule has 1 saturated carbocycles. The average molecular weight is 486 g/mol. The summed E-state index contributed by atoms with van der Waals surface area (Å²) in [5.41, 5.74) is 9.04. The molecule has 1 fully saturated rings. The Morgan fingerprint density at radius 3 is 2.83 bits per heavy atom. The molecule has 1 aliphatic carbocycles. The molecule has 7 nitrogen and oxygen atoms in total. The van der Waals surface area contributed by atoms with Crippen LogP contribution in [0.2, 0.25) is 5.02 Å². The second-order valence-corrected chi connectivity index (χ2v) is 8.77. The van der Waals surface area contributed by atoms with Crippen LogP contribution in [-0.2, 0) is 13.6 Å². The number of nitrogens with zero attached hydrogens (tertiary/aromatic N) is 5. The molecule has 1 aromatic carbocycles. The molecule has 0 atom stereocenters. The van der Waals surface area contributed by atoms with Crippen LogP contribution in [0.5, 0.6) is 0 Å². The van der Waals surface area contributed by atoms with Crippen molar-refractivity contribution in [3.8, 4) is 0 Å². The summed E-state index contributed by atoms with van der Waals surface area (Å²) < 4.78 is 2.50. The lowest BCUT2D eigenvalue weighted by atomic mass is 10.1. The van der Waals surface area contributed by atoms with Crippen LogP contribution in [-0.4, -0.2) is 36.6 Å². The van der Waals surface area contributed by atoms with Gasteiger partial charge in [-0.15, -0.1) is 0 Å². The third kappa shape index (κ3) is 3.30. The smallest absolute Gasteiger partial charge is 0.254 e. The van der Waals surface area contributed by atoms with Crippen LogP contribution in [0.3, 0.4) is 0 Å². The number of amides is 1. The Balaban J connectivity index is 1.55. The van der Waals surface area contributed by atoms with E-state index in [1.807, 2.05) is 24.1 Å². The highest BCUT2D eigenvalue weighted by molar-refractivity contribution is 9.10. The van der Waals surface area contributed by atoms with Crippen molar-refractivity contribution in [3.05, 3.63) is 57.4 Å². The summed E-state index contributed by atoms with van der Waals surface area (Å²) in [5.74, 6) is 0.398. The molecule has 1 amide bonds. The molecular formula is C21H18BrClN6O. The molecule has 152 valence electrons. The van der Waals surface area contributed by atoms with E-state index in [0.29, 0.717) is 22.9 Å². The number of rotatable bonds is 4. The number of aromatic nitrogens is 4. The van der Waals surface area contributed by atoms with Gasteiger partial charge in [-0.25, -0.2) is 4.98 Å². The van der Waals surface area contributed by atoms with Gasteiger partial charge in [-0.1, -0.05) is 11.6 Å². The lowest BCUT2D eigenvalue weighted by molar-refractivity contribution is 0.0728. The number of carbonyl (C=O) groups is 1. The van der Waals surface area contributed by atoms with Gasteiger partial charge < -0.3 is 10.6 Å². The maximum atomic E-state index is 13.4. The molecule has 0 aliphatic heterocycles. The molecular weight excluding hydrogens is 468 g/mol. The van der Waals surface area contributed by atoms with Crippen molar-refractivity contribution in [1.82, 2.24) is 24.6 Å². The van der Waals surface area contributed by atoms with Gasteiger partial charge in [-0.05, 0) is 53.0 Å². The number of hydrogen-bond donors (Lipinski definition) is 1. The van der Waals surface area contributed by atoms with Crippen molar-refractivity contribution in [2.24, 2.45) is 7.05 Å². The predicted octanol–water partition coefficient (Wildman–Crippen LogP) is 4.32. The molecule has 0 saturated heterocycles. The number of nitrogens with two attached hydrogens (primary N) is 1. The summed E-state index contributed by atoms with van der Waals surface area (Å²) in [7, 11) is 1.86. The van der Waals surface area contributed by atoms with Gasteiger partial charge in [-0.3, -0.25) is 14.5 Å². The molecule has 0 radical (unpaired) electrons. The number of carbonyl (C=O) groups excluding carboxylic acids is 1. The van der Waals surface area contributed by atoms with Gasteiger partial charge in [0.15, 0.2) is 0 Å². The van der Waals surface area contributed by atoms with Gasteiger partial charge in [-0.2, -0.15) is 5.10 Å². The first-order chi connectivity index (χ1) is 14.4. The molecule has 9 heteroatoms. The Labute approximate surface area is 186 Å². The van der Waals surface area contributed by atoms with Crippen LogP contribution in [0, 0.1) is 0 Å². The van der Waals surface area contributed by atoms with E-state index in [2.05, 4.69) is 31.0 Å². The fourth-order valence-electron chi connectivity index (χ4n) is 3.72. The molecule has 1 aliphatic rings. The minimum atomic E-state index is -0.0348. The second kappa shape index (κ2) is 7.21. The molecule has 0 spiro atoms. The quantitative estimate of drug-likeness (QED) is 0.465. The van der Waals surface area contributed by atoms with Gasteiger partial charge in [0.1, 0.15) is 5.82 Å². The highest BCUT2D eigenvalue weighted by Crippen LogP contribution is 2.32. The van der Waals surface area contributed by atoms with E-state index in [4.69, 9.17) is 17.3 Å². The van der Waals surface area contributed by atoms with Gasteiger partial charge in [0.25, 0.3) is 5.91 Å². The van der Waals surface area contributed by atoms with Crippen molar-refractivity contribution < 1.29 is 4.79 Å². The molecule has 30 heavy (non-hydrogen) atoms. The predicted molar refractivity (Wildman–Crippen MR) is 120 cm³/mol. The van der Waals surface area contributed by atoms with Crippen LogP contribution < -0.4 is 5.73 Å². The van der Waals surface area contributed by atoms with E-state index in [1.54, 1.807) is 29.2 Å². The maximum Gasteiger partial charge on any atom is 0.254 e. The average Bonchev–Trinajstić information content (AvgIpc) is 3.49. The van der Waals surface area contributed by atoms with E-state index in [0.717, 1.165) is 44.8 Å². The number of fused-ring (bicyclic) bond motifs is 3. The van der Waals surface area contributed by atoms with Crippen molar-refractivity contribution >= 4 is 61.1 Å². The highest BCUT2D eigenvalue weighted by Gasteiger charge is 2.33. The van der Waals surface area contributed by atoms with Crippen LogP contribution in [0.4, 0.5) is 5.82 Å². The van der Waals surface area contributed by atoms with Crippen LogP contribution in [0.25, 0.3) is 21.8 Å². The zero-order chi connectivity index (χ0) is 21.0.